The molecule has 3 aromatic carbocycles. The molecule has 5 rings (SSSR count). The largest absolute Gasteiger partial charge is 0.292 e. The first-order chi connectivity index (χ1) is 13.3. The van der Waals surface area contributed by atoms with Crippen molar-refractivity contribution >= 4 is 39.1 Å². The summed E-state index contributed by atoms with van der Waals surface area (Å²) in [6, 6.07) is 28.6. The maximum Gasteiger partial charge on any atom is 0.188 e. The van der Waals surface area contributed by atoms with Crippen molar-refractivity contribution in [3.63, 3.8) is 0 Å². The fourth-order valence-electron chi connectivity index (χ4n) is 3.47. The highest BCUT2D eigenvalue weighted by Crippen LogP contribution is 2.55. The van der Waals surface area contributed by atoms with Crippen LogP contribution in [-0.2, 0) is 0 Å². The number of carbonyl (C=O) groups excluding carboxylic acids is 1. The van der Waals surface area contributed by atoms with Crippen molar-refractivity contribution in [2.75, 3.05) is 0 Å². The van der Waals surface area contributed by atoms with Crippen LogP contribution in [0, 0.1) is 0 Å². The zero-order valence-corrected chi connectivity index (χ0v) is 16.1. The average Bonchev–Trinajstić information content (AvgIpc) is 3.00. The summed E-state index contributed by atoms with van der Waals surface area (Å²) in [6.45, 7) is 0. The summed E-state index contributed by atoms with van der Waals surface area (Å²) >= 11 is 3.38. The van der Waals surface area contributed by atoms with Crippen molar-refractivity contribution in [1.29, 1.82) is 0 Å². The summed E-state index contributed by atoms with van der Waals surface area (Å²) in [4.78, 5) is 16.7. The molecule has 1 nitrogen and oxygen atoms in total. The number of fused-ring (bicyclic) bond motifs is 1. The van der Waals surface area contributed by atoms with Gasteiger partial charge >= 0.3 is 0 Å². The van der Waals surface area contributed by atoms with Crippen molar-refractivity contribution in [3.05, 3.63) is 114 Å². The van der Waals surface area contributed by atoms with Crippen LogP contribution in [0.5, 0.6) is 0 Å². The lowest BCUT2D eigenvalue weighted by molar-refractivity contribution is 0.0982. The minimum absolute atomic E-state index is 0.172. The average molecular weight is 385 g/mol. The highest BCUT2D eigenvalue weighted by atomic mass is 32.2. The molecule has 0 atom stereocenters. The Morgan fingerprint density at radius 3 is 1.70 bits per heavy atom. The molecule has 2 aliphatic heterocycles. The molecule has 0 aromatic heterocycles. The number of ketones is 1. The predicted molar refractivity (Wildman–Crippen MR) is 116 cm³/mol. The Hall–Kier alpha value is -2.49. The first-order valence-electron chi connectivity index (χ1n) is 8.82. The van der Waals surface area contributed by atoms with Crippen LogP contribution in [0.1, 0.15) is 21.5 Å². The van der Waals surface area contributed by atoms with Gasteiger partial charge < -0.3 is 0 Å². The number of hydrogen-bond donors (Lipinski definition) is 0. The van der Waals surface area contributed by atoms with Gasteiger partial charge in [0, 0.05) is 20.3 Å². The van der Waals surface area contributed by atoms with Gasteiger partial charge in [0.05, 0.1) is 0 Å². The molecule has 2 aliphatic rings. The highest BCUT2D eigenvalue weighted by Gasteiger charge is 2.45. The van der Waals surface area contributed by atoms with Crippen LogP contribution in [0.15, 0.2) is 102 Å². The van der Waals surface area contributed by atoms with E-state index in [4.69, 9.17) is 0 Å². The second-order valence-corrected chi connectivity index (χ2v) is 8.97. The van der Waals surface area contributed by atoms with Gasteiger partial charge in [-0.3, -0.25) is 4.79 Å². The molecule has 0 aliphatic carbocycles. The summed E-state index contributed by atoms with van der Waals surface area (Å²) in [5.41, 5.74) is 3.11. The number of carbonyl (C=O) groups is 1. The van der Waals surface area contributed by atoms with Crippen LogP contribution in [0.25, 0.3) is 9.81 Å². The summed E-state index contributed by atoms with van der Waals surface area (Å²) in [6.07, 6.45) is 4.29. The van der Waals surface area contributed by atoms with E-state index >= 15 is 0 Å². The summed E-state index contributed by atoms with van der Waals surface area (Å²) in [5, 5.41) is 0. The summed E-state index contributed by atoms with van der Waals surface area (Å²) in [7, 11) is 0. The van der Waals surface area contributed by atoms with Gasteiger partial charge in [0.15, 0.2) is 5.78 Å². The first kappa shape index (κ1) is 16.7. The first-order valence-corrected chi connectivity index (χ1v) is 10.5. The number of Topliss-reactive ketones (excluding diaryl/α,β-unsaturated/α-hetero) is 1. The molecule has 27 heavy (non-hydrogen) atoms. The van der Waals surface area contributed by atoms with Crippen LogP contribution < -0.4 is 0 Å². The molecule has 3 aromatic rings. The maximum absolute atomic E-state index is 13.4. The molecule has 0 N–H and O–H groups in total. The van der Waals surface area contributed by atoms with Crippen molar-refractivity contribution in [2.24, 2.45) is 0 Å². The van der Waals surface area contributed by atoms with Gasteiger partial charge in [-0.1, -0.05) is 90.6 Å². The minimum atomic E-state index is -0.675. The molecule has 0 unspecified atom stereocenters. The molecule has 0 bridgehead atoms. The SMILES string of the molecule is O=C1c2ccccc2SC12C=C(c1ccccc1)SC(c1ccccc1)=C2. The number of benzene rings is 3. The molecular formula is C24H16OS2. The van der Waals surface area contributed by atoms with E-state index in [-0.39, 0.29) is 5.78 Å². The topological polar surface area (TPSA) is 17.1 Å². The Balaban J connectivity index is 1.68. The molecule has 0 saturated carbocycles. The van der Waals surface area contributed by atoms with Crippen molar-refractivity contribution in [3.8, 4) is 0 Å². The maximum atomic E-state index is 13.4. The monoisotopic (exact) mass is 384 g/mol. The molecule has 0 radical (unpaired) electrons. The molecule has 3 heteroatoms. The predicted octanol–water partition coefficient (Wildman–Crippen LogP) is 6.54. The van der Waals surface area contributed by atoms with Crippen LogP contribution in [-0.4, -0.2) is 10.5 Å². The van der Waals surface area contributed by atoms with E-state index in [1.54, 1.807) is 23.5 Å². The second-order valence-electron chi connectivity index (χ2n) is 6.57. The van der Waals surface area contributed by atoms with Crippen LogP contribution in [0.4, 0.5) is 0 Å². The quantitative estimate of drug-likeness (QED) is 0.499. The molecule has 0 saturated heterocycles. The van der Waals surface area contributed by atoms with E-state index in [1.165, 1.54) is 0 Å². The number of rotatable bonds is 2. The van der Waals surface area contributed by atoms with E-state index in [2.05, 4.69) is 36.4 Å². The Labute approximate surface area is 167 Å². The third-order valence-corrected chi connectivity index (χ3v) is 7.27. The number of hydrogen-bond acceptors (Lipinski definition) is 3. The summed E-state index contributed by atoms with van der Waals surface area (Å²) in [5.74, 6) is 0.172. The molecule has 0 fully saturated rings. The lowest BCUT2D eigenvalue weighted by atomic mass is 9.94. The highest BCUT2D eigenvalue weighted by molar-refractivity contribution is 8.16. The zero-order valence-electron chi connectivity index (χ0n) is 14.5. The third kappa shape index (κ3) is 2.88. The second kappa shape index (κ2) is 6.59. The fourth-order valence-corrected chi connectivity index (χ4v) is 6.19. The van der Waals surface area contributed by atoms with Gasteiger partial charge in [0.1, 0.15) is 4.75 Å². The van der Waals surface area contributed by atoms with Gasteiger partial charge in [0.25, 0.3) is 0 Å². The van der Waals surface area contributed by atoms with E-state index in [1.807, 2.05) is 60.7 Å². The zero-order chi connectivity index (χ0) is 18.3. The fraction of sp³-hybridized carbons (Fsp3) is 0.0417. The Morgan fingerprint density at radius 2 is 1.15 bits per heavy atom. The lowest BCUT2D eigenvalue weighted by Gasteiger charge is -2.27. The molecule has 1 spiro atoms. The molecular weight excluding hydrogens is 368 g/mol. The van der Waals surface area contributed by atoms with Crippen molar-refractivity contribution in [1.82, 2.24) is 0 Å². The number of thioether (sulfide) groups is 2. The Kier molecular flexibility index (Phi) is 4.07. The van der Waals surface area contributed by atoms with E-state index in [0.29, 0.717) is 0 Å². The van der Waals surface area contributed by atoms with Crippen molar-refractivity contribution < 1.29 is 4.79 Å². The van der Waals surface area contributed by atoms with E-state index in [9.17, 15) is 4.79 Å². The van der Waals surface area contributed by atoms with E-state index in [0.717, 1.165) is 31.4 Å². The van der Waals surface area contributed by atoms with Crippen molar-refractivity contribution in [2.45, 2.75) is 9.64 Å². The van der Waals surface area contributed by atoms with Gasteiger partial charge in [-0.25, -0.2) is 0 Å². The molecule has 2 heterocycles. The Bertz CT molecular complexity index is 1030. The normalized spacial score (nSPS) is 17.4. The van der Waals surface area contributed by atoms with Gasteiger partial charge in [-0.05, 0) is 29.3 Å². The van der Waals surface area contributed by atoms with Crippen LogP contribution in [0.3, 0.4) is 0 Å². The molecule has 0 amide bonds. The standard InChI is InChI=1S/C24H16OS2/c25-23-19-13-7-8-14-20(19)27-24(23)15-21(17-9-3-1-4-10-17)26-22(16-24)18-11-5-2-6-12-18/h1-16H. The minimum Gasteiger partial charge on any atom is -0.292 e. The van der Waals surface area contributed by atoms with Gasteiger partial charge in [-0.2, -0.15) is 0 Å². The molecule has 130 valence electrons. The van der Waals surface area contributed by atoms with Gasteiger partial charge in [-0.15, -0.1) is 11.8 Å². The van der Waals surface area contributed by atoms with Crippen LogP contribution >= 0.6 is 23.5 Å². The smallest absolute Gasteiger partial charge is 0.188 e. The van der Waals surface area contributed by atoms with E-state index < -0.39 is 4.75 Å². The lowest BCUT2D eigenvalue weighted by Crippen LogP contribution is -2.28. The Morgan fingerprint density at radius 1 is 0.630 bits per heavy atom. The van der Waals surface area contributed by atoms with Crippen LogP contribution in [0.2, 0.25) is 0 Å². The van der Waals surface area contributed by atoms with Gasteiger partial charge in [0.2, 0.25) is 0 Å². The third-order valence-electron chi connectivity index (χ3n) is 4.79. The summed E-state index contributed by atoms with van der Waals surface area (Å²) < 4.78 is -0.675.